The van der Waals surface area contributed by atoms with Crippen LogP contribution in [-0.4, -0.2) is 18.8 Å². The van der Waals surface area contributed by atoms with E-state index >= 15 is 0 Å². The summed E-state index contributed by atoms with van der Waals surface area (Å²) in [6.07, 6.45) is 0.295. The Kier molecular flexibility index (Phi) is 5.69. The lowest BCUT2D eigenvalue weighted by Crippen LogP contribution is -2.30. The highest BCUT2D eigenvalue weighted by molar-refractivity contribution is 6.06. The lowest BCUT2D eigenvalue weighted by atomic mass is 9.94. The molecule has 2 aromatic rings. The summed E-state index contributed by atoms with van der Waals surface area (Å²) in [5, 5.41) is 11.6. The number of ether oxygens (including phenoxy) is 1. The molecule has 5 heteroatoms. The highest BCUT2D eigenvalue weighted by atomic mass is 16.5. The Labute approximate surface area is 140 Å². The molecule has 0 fully saturated rings. The van der Waals surface area contributed by atoms with Crippen molar-refractivity contribution in [3.63, 3.8) is 0 Å². The van der Waals surface area contributed by atoms with Crippen molar-refractivity contribution in [2.75, 3.05) is 12.4 Å². The summed E-state index contributed by atoms with van der Waals surface area (Å²) < 4.78 is 5.07. The molecule has 5 nitrogen and oxygen atoms in total. The molecule has 0 aromatic heterocycles. The number of nitriles is 1. The third-order valence-electron chi connectivity index (χ3n) is 3.69. The number of amides is 1. The summed E-state index contributed by atoms with van der Waals surface area (Å²) >= 11 is 0. The number of carbonyl (C=O) groups is 2. The van der Waals surface area contributed by atoms with E-state index < -0.39 is 5.92 Å². The van der Waals surface area contributed by atoms with E-state index in [-0.39, 0.29) is 11.7 Å². The molecule has 0 aliphatic rings. The standard InChI is InChI=1S/C19H18N2O3/c1-13(22)18(11-14-3-5-15(12-20)6-4-14)19(23)21-16-7-9-17(24-2)10-8-16/h3-10,18H,11H2,1-2H3,(H,21,23)/t18-/m0/s1. The van der Waals surface area contributed by atoms with Crippen molar-refractivity contribution in [1.82, 2.24) is 0 Å². The van der Waals surface area contributed by atoms with Crippen LogP contribution in [0.25, 0.3) is 0 Å². The molecule has 24 heavy (non-hydrogen) atoms. The summed E-state index contributed by atoms with van der Waals surface area (Å²) in [7, 11) is 1.57. The van der Waals surface area contributed by atoms with Crippen LogP contribution in [0.4, 0.5) is 5.69 Å². The van der Waals surface area contributed by atoms with Crippen LogP contribution in [-0.2, 0) is 16.0 Å². The molecule has 0 bridgehead atoms. The first kappa shape index (κ1) is 17.2. The van der Waals surface area contributed by atoms with E-state index in [2.05, 4.69) is 5.32 Å². The molecule has 1 N–H and O–H groups in total. The average Bonchev–Trinajstić information content (AvgIpc) is 2.60. The highest BCUT2D eigenvalue weighted by Gasteiger charge is 2.23. The van der Waals surface area contributed by atoms with E-state index in [4.69, 9.17) is 10.00 Å². The number of nitrogens with zero attached hydrogens (tertiary/aromatic N) is 1. The van der Waals surface area contributed by atoms with Gasteiger partial charge in [0, 0.05) is 5.69 Å². The van der Waals surface area contributed by atoms with E-state index in [0.29, 0.717) is 23.4 Å². The van der Waals surface area contributed by atoms with E-state index in [1.54, 1.807) is 55.6 Å². The van der Waals surface area contributed by atoms with Gasteiger partial charge >= 0.3 is 0 Å². The SMILES string of the molecule is COc1ccc(NC(=O)[C@@H](Cc2ccc(C#N)cc2)C(C)=O)cc1. The van der Waals surface area contributed by atoms with Crippen LogP contribution >= 0.6 is 0 Å². The van der Waals surface area contributed by atoms with Gasteiger partial charge in [-0.15, -0.1) is 0 Å². The monoisotopic (exact) mass is 322 g/mol. The Hall–Kier alpha value is -3.13. The summed E-state index contributed by atoms with van der Waals surface area (Å²) in [5.74, 6) is -0.642. The Balaban J connectivity index is 2.09. The van der Waals surface area contributed by atoms with Gasteiger partial charge in [-0.25, -0.2) is 0 Å². The normalized spacial score (nSPS) is 11.2. The van der Waals surface area contributed by atoms with Crippen LogP contribution < -0.4 is 10.1 Å². The minimum absolute atomic E-state index is 0.203. The maximum absolute atomic E-state index is 12.4. The van der Waals surface area contributed by atoms with Gasteiger partial charge in [-0.05, 0) is 55.3 Å². The zero-order valence-corrected chi connectivity index (χ0v) is 13.6. The number of nitrogens with one attached hydrogen (secondary N) is 1. The van der Waals surface area contributed by atoms with Crippen LogP contribution in [0.3, 0.4) is 0 Å². The van der Waals surface area contributed by atoms with Gasteiger partial charge in [-0.1, -0.05) is 12.1 Å². The van der Waals surface area contributed by atoms with Crippen molar-refractivity contribution in [3.8, 4) is 11.8 Å². The zero-order valence-electron chi connectivity index (χ0n) is 13.6. The Morgan fingerprint density at radius 2 is 1.75 bits per heavy atom. The fourth-order valence-corrected chi connectivity index (χ4v) is 2.28. The van der Waals surface area contributed by atoms with E-state index in [1.165, 1.54) is 6.92 Å². The molecule has 122 valence electrons. The number of Topliss-reactive ketones (excluding diaryl/α,β-unsaturated/α-hetero) is 1. The molecule has 2 rings (SSSR count). The molecule has 0 unspecified atom stereocenters. The van der Waals surface area contributed by atoms with E-state index in [1.807, 2.05) is 6.07 Å². The topological polar surface area (TPSA) is 79.2 Å². The van der Waals surface area contributed by atoms with Gasteiger partial charge in [0.2, 0.25) is 5.91 Å². The van der Waals surface area contributed by atoms with Gasteiger partial charge in [0.25, 0.3) is 0 Å². The number of ketones is 1. The number of anilines is 1. The molecule has 0 saturated carbocycles. The largest absolute Gasteiger partial charge is 0.497 e. The average molecular weight is 322 g/mol. The summed E-state index contributed by atoms with van der Waals surface area (Å²) in [5.41, 5.74) is 1.98. The lowest BCUT2D eigenvalue weighted by Gasteiger charge is -2.14. The van der Waals surface area contributed by atoms with Crippen LogP contribution in [0.15, 0.2) is 48.5 Å². The Morgan fingerprint density at radius 1 is 1.12 bits per heavy atom. The predicted molar refractivity (Wildman–Crippen MR) is 90.7 cm³/mol. The second kappa shape index (κ2) is 7.93. The van der Waals surface area contributed by atoms with Crippen molar-refractivity contribution < 1.29 is 14.3 Å². The fourth-order valence-electron chi connectivity index (χ4n) is 2.28. The predicted octanol–water partition coefficient (Wildman–Crippen LogP) is 2.95. The van der Waals surface area contributed by atoms with Gasteiger partial charge in [0.05, 0.1) is 18.7 Å². The molecule has 0 aliphatic carbocycles. The molecular weight excluding hydrogens is 304 g/mol. The molecule has 1 atom stereocenters. The lowest BCUT2D eigenvalue weighted by molar-refractivity contribution is -0.129. The number of benzene rings is 2. The first-order valence-electron chi connectivity index (χ1n) is 7.48. The maximum atomic E-state index is 12.4. The van der Waals surface area contributed by atoms with Crippen LogP contribution in [0.1, 0.15) is 18.1 Å². The minimum atomic E-state index is -0.778. The third kappa shape index (κ3) is 4.43. The summed E-state index contributed by atoms with van der Waals surface area (Å²) in [6.45, 7) is 1.40. The van der Waals surface area contributed by atoms with E-state index in [0.717, 1.165) is 5.56 Å². The van der Waals surface area contributed by atoms with Crippen molar-refractivity contribution in [1.29, 1.82) is 5.26 Å². The summed E-state index contributed by atoms with van der Waals surface area (Å²) in [6, 6.07) is 15.8. The van der Waals surface area contributed by atoms with Crippen molar-refractivity contribution >= 4 is 17.4 Å². The molecule has 0 aliphatic heterocycles. The van der Waals surface area contributed by atoms with Crippen molar-refractivity contribution in [2.45, 2.75) is 13.3 Å². The second-order valence-electron chi connectivity index (χ2n) is 5.39. The molecule has 0 heterocycles. The number of rotatable bonds is 6. The Bertz CT molecular complexity index is 759. The third-order valence-corrected chi connectivity index (χ3v) is 3.69. The number of hydrogen-bond donors (Lipinski definition) is 1. The fraction of sp³-hybridized carbons (Fsp3) is 0.211. The Morgan fingerprint density at radius 3 is 2.25 bits per heavy atom. The molecule has 1 amide bonds. The zero-order chi connectivity index (χ0) is 17.5. The molecule has 2 aromatic carbocycles. The van der Waals surface area contributed by atoms with Gasteiger partial charge in [0.1, 0.15) is 17.5 Å². The smallest absolute Gasteiger partial charge is 0.235 e. The van der Waals surface area contributed by atoms with Crippen LogP contribution in [0, 0.1) is 17.2 Å². The van der Waals surface area contributed by atoms with Gasteiger partial charge in [-0.2, -0.15) is 5.26 Å². The van der Waals surface area contributed by atoms with Crippen LogP contribution in [0.5, 0.6) is 5.75 Å². The number of methoxy groups -OCH3 is 1. The van der Waals surface area contributed by atoms with Crippen molar-refractivity contribution in [2.24, 2.45) is 5.92 Å². The highest BCUT2D eigenvalue weighted by Crippen LogP contribution is 2.18. The molecule has 0 saturated heterocycles. The second-order valence-corrected chi connectivity index (χ2v) is 5.39. The number of carbonyl (C=O) groups excluding carboxylic acids is 2. The minimum Gasteiger partial charge on any atom is -0.497 e. The first-order valence-corrected chi connectivity index (χ1v) is 7.48. The quantitative estimate of drug-likeness (QED) is 0.829. The van der Waals surface area contributed by atoms with Gasteiger partial charge < -0.3 is 10.1 Å². The number of hydrogen-bond acceptors (Lipinski definition) is 4. The summed E-state index contributed by atoms with van der Waals surface area (Å²) in [4.78, 5) is 24.3. The van der Waals surface area contributed by atoms with Crippen LogP contribution in [0.2, 0.25) is 0 Å². The first-order chi connectivity index (χ1) is 11.5. The van der Waals surface area contributed by atoms with Gasteiger partial charge in [-0.3, -0.25) is 9.59 Å². The molecule has 0 radical (unpaired) electrons. The van der Waals surface area contributed by atoms with Gasteiger partial charge in [0.15, 0.2) is 0 Å². The molecule has 0 spiro atoms. The molecular formula is C19H18N2O3. The maximum Gasteiger partial charge on any atom is 0.235 e. The van der Waals surface area contributed by atoms with E-state index in [9.17, 15) is 9.59 Å². The van der Waals surface area contributed by atoms with Crippen molar-refractivity contribution in [3.05, 3.63) is 59.7 Å².